The van der Waals surface area contributed by atoms with Crippen LogP contribution in [0.1, 0.15) is 33.7 Å². The molecule has 1 atom stereocenters. The third-order valence-corrected chi connectivity index (χ3v) is 6.98. The quantitative estimate of drug-likeness (QED) is 0.275. The summed E-state index contributed by atoms with van der Waals surface area (Å²) in [5, 5.41) is 2.82. The van der Waals surface area contributed by atoms with Crippen LogP contribution in [-0.4, -0.2) is 0 Å². The second-order valence-electron chi connectivity index (χ2n) is 8.45. The van der Waals surface area contributed by atoms with E-state index in [1.165, 1.54) is 60.8 Å². The molecule has 1 unspecified atom stereocenters. The van der Waals surface area contributed by atoms with Gasteiger partial charge < -0.3 is 0 Å². The standard InChI is InChI=1S/C30H20/c1-2-10-19(11-3-1)27-24-16-8-9-17-25(24)30-28-21-13-5-4-12-20(21)18-26(28)22-14-6-7-15-23(22)29(27)30/h1-17,27H,18H2. The lowest BCUT2D eigenvalue weighted by Gasteiger charge is -2.19. The van der Waals surface area contributed by atoms with Crippen molar-refractivity contribution >= 4 is 10.8 Å². The van der Waals surface area contributed by atoms with Crippen molar-refractivity contribution in [1.29, 1.82) is 0 Å². The Morgan fingerprint density at radius 3 is 2.07 bits per heavy atom. The zero-order chi connectivity index (χ0) is 19.7. The summed E-state index contributed by atoms with van der Waals surface area (Å²) in [6.45, 7) is 0. The molecule has 0 fully saturated rings. The van der Waals surface area contributed by atoms with E-state index in [-0.39, 0.29) is 5.92 Å². The molecule has 30 heavy (non-hydrogen) atoms. The zero-order valence-corrected chi connectivity index (χ0v) is 16.6. The summed E-state index contributed by atoms with van der Waals surface area (Å²) in [6, 6.07) is 38.1. The molecule has 0 aromatic heterocycles. The normalized spacial score (nSPS) is 15.5. The zero-order valence-electron chi connectivity index (χ0n) is 16.6. The van der Waals surface area contributed by atoms with Crippen LogP contribution in [0.25, 0.3) is 33.0 Å². The monoisotopic (exact) mass is 380 g/mol. The molecular weight excluding hydrogens is 360 g/mol. The number of hydrogen-bond donors (Lipinski definition) is 0. The van der Waals surface area contributed by atoms with Gasteiger partial charge in [0.25, 0.3) is 0 Å². The maximum Gasteiger partial charge on any atom is 0.0358 e. The van der Waals surface area contributed by atoms with Crippen molar-refractivity contribution in [2.75, 3.05) is 0 Å². The minimum absolute atomic E-state index is 0.278. The van der Waals surface area contributed by atoms with Crippen LogP contribution in [0.4, 0.5) is 0 Å². The van der Waals surface area contributed by atoms with Crippen molar-refractivity contribution < 1.29 is 0 Å². The van der Waals surface area contributed by atoms with Crippen LogP contribution in [0.2, 0.25) is 0 Å². The Hall–Kier alpha value is -3.64. The molecule has 0 nitrogen and oxygen atoms in total. The van der Waals surface area contributed by atoms with Crippen LogP contribution in [0.15, 0.2) is 103 Å². The summed E-state index contributed by atoms with van der Waals surface area (Å²) in [5.74, 6) is 0.278. The first kappa shape index (κ1) is 16.2. The highest BCUT2D eigenvalue weighted by molar-refractivity contribution is 6.09. The summed E-state index contributed by atoms with van der Waals surface area (Å²) in [6.07, 6.45) is 1.03. The van der Waals surface area contributed by atoms with Crippen LogP contribution >= 0.6 is 0 Å². The maximum absolute atomic E-state index is 2.33. The molecular formula is C30H20. The molecule has 2 aliphatic rings. The van der Waals surface area contributed by atoms with Gasteiger partial charge in [-0.25, -0.2) is 0 Å². The Morgan fingerprint density at radius 2 is 1.20 bits per heavy atom. The Bertz CT molecular complexity index is 1460. The van der Waals surface area contributed by atoms with Crippen molar-refractivity contribution in [3.63, 3.8) is 0 Å². The lowest BCUT2D eigenvalue weighted by atomic mass is 9.84. The van der Waals surface area contributed by atoms with E-state index < -0.39 is 0 Å². The Balaban J connectivity index is 1.70. The van der Waals surface area contributed by atoms with Gasteiger partial charge in [-0.3, -0.25) is 0 Å². The van der Waals surface area contributed by atoms with Crippen molar-refractivity contribution in [2.24, 2.45) is 0 Å². The molecule has 0 N–H and O–H groups in total. The van der Waals surface area contributed by atoms with Gasteiger partial charge in [-0.15, -0.1) is 0 Å². The average Bonchev–Trinajstić information content (AvgIpc) is 3.36. The molecule has 7 rings (SSSR count). The van der Waals surface area contributed by atoms with E-state index in [2.05, 4.69) is 103 Å². The molecule has 0 heteroatoms. The molecule has 0 saturated heterocycles. The molecule has 0 aliphatic heterocycles. The summed E-state index contributed by atoms with van der Waals surface area (Å²) in [4.78, 5) is 0. The highest BCUT2D eigenvalue weighted by atomic mass is 14.4. The second kappa shape index (κ2) is 5.93. The van der Waals surface area contributed by atoms with E-state index in [0.29, 0.717) is 0 Å². The number of fused-ring (bicyclic) bond motifs is 10. The van der Waals surface area contributed by atoms with Gasteiger partial charge in [0.2, 0.25) is 0 Å². The summed E-state index contributed by atoms with van der Waals surface area (Å²) >= 11 is 0. The molecule has 2 aliphatic carbocycles. The average molecular weight is 380 g/mol. The lowest BCUT2D eigenvalue weighted by Crippen LogP contribution is -2.01. The van der Waals surface area contributed by atoms with Crippen LogP contribution in [0, 0.1) is 0 Å². The number of rotatable bonds is 1. The van der Waals surface area contributed by atoms with Gasteiger partial charge in [0.05, 0.1) is 0 Å². The van der Waals surface area contributed by atoms with E-state index in [1.807, 2.05) is 0 Å². The van der Waals surface area contributed by atoms with Crippen LogP contribution < -0.4 is 0 Å². The highest BCUT2D eigenvalue weighted by Crippen LogP contribution is 2.57. The molecule has 140 valence electrons. The third kappa shape index (κ3) is 2.01. The summed E-state index contributed by atoms with van der Waals surface area (Å²) in [5.41, 5.74) is 13.0. The van der Waals surface area contributed by atoms with Gasteiger partial charge in [-0.05, 0) is 67.3 Å². The van der Waals surface area contributed by atoms with E-state index >= 15 is 0 Å². The lowest BCUT2D eigenvalue weighted by molar-refractivity contribution is 1.03. The Labute approximate surface area is 176 Å². The topological polar surface area (TPSA) is 0 Å². The summed E-state index contributed by atoms with van der Waals surface area (Å²) < 4.78 is 0. The third-order valence-electron chi connectivity index (χ3n) is 6.98. The molecule has 0 bridgehead atoms. The molecule has 0 spiro atoms. The fourth-order valence-corrected chi connectivity index (χ4v) is 5.83. The van der Waals surface area contributed by atoms with Crippen molar-refractivity contribution in [2.45, 2.75) is 12.3 Å². The highest BCUT2D eigenvalue weighted by Gasteiger charge is 2.37. The van der Waals surface area contributed by atoms with Crippen LogP contribution in [-0.2, 0) is 6.42 Å². The summed E-state index contributed by atoms with van der Waals surface area (Å²) in [7, 11) is 0. The first-order chi connectivity index (χ1) is 14.9. The molecule has 0 heterocycles. The van der Waals surface area contributed by atoms with Crippen LogP contribution in [0.3, 0.4) is 0 Å². The molecule has 5 aromatic rings. The van der Waals surface area contributed by atoms with Crippen LogP contribution in [0.5, 0.6) is 0 Å². The molecule has 5 aromatic carbocycles. The first-order valence-corrected chi connectivity index (χ1v) is 10.7. The van der Waals surface area contributed by atoms with Gasteiger partial charge in [0.1, 0.15) is 0 Å². The Kier molecular flexibility index (Phi) is 3.20. The first-order valence-electron chi connectivity index (χ1n) is 10.7. The number of benzene rings is 5. The minimum atomic E-state index is 0.278. The van der Waals surface area contributed by atoms with E-state index in [4.69, 9.17) is 0 Å². The fourth-order valence-electron chi connectivity index (χ4n) is 5.83. The molecule has 0 amide bonds. The Morgan fingerprint density at radius 1 is 0.533 bits per heavy atom. The van der Waals surface area contributed by atoms with Gasteiger partial charge in [0.15, 0.2) is 0 Å². The largest absolute Gasteiger partial charge is 0.0622 e. The second-order valence-corrected chi connectivity index (χ2v) is 8.45. The fraction of sp³-hybridized carbons (Fsp3) is 0.0667. The predicted molar refractivity (Wildman–Crippen MR) is 125 cm³/mol. The molecule has 0 radical (unpaired) electrons. The predicted octanol–water partition coefficient (Wildman–Crippen LogP) is 7.57. The number of hydrogen-bond acceptors (Lipinski definition) is 0. The SMILES string of the molecule is c1ccc(C2c3ccccc3-c3c4c(c5ccccc5c32)Cc2ccccc2-4)cc1. The van der Waals surface area contributed by atoms with Gasteiger partial charge in [0, 0.05) is 5.92 Å². The minimum Gasteiger partial charge on any atom is -0.0622 e. The van der Waals surface area contributed by atoms with E-state index in [0.717, 1.165) is 6.42 Å². The van der Waals surface area contributed by atoms with E-state index in [1.54, 1.807) is 0 Å². The molecule has 0 saturated carbocycles. The van der Waals surface area contributed by atoms with Gasteiger partial charge in [-0.2, -0.15) is 0 Å². The van der Waals surface area contributed by atoms with Gasteiger partial charge >= 0.3 is 0 Å². The van der Waals surface area contributed by atoms with Gasteiger partial charge in [-0.1, -0.05) is 103 Å². The van der Waals surface area contributed by atoms with Crippen molar-refractivity contribution in [3.05, 3.63) is 131 Å². The van der Waals surface area contributed by atoms with E-state index in [9.17, 15) is 0 Å². The van der Waals surface area contributed by atoms with Crippen molar-refractivity contribution in [3.8, 4) is 22.3 Å². The maximum atomic E-state index is 2.33. The van der Waals surface area contributed by atoms with Crippen molar-refractivity contribution in [1.82, 2.24) is 0 Å². The smallest absolute Gasteiger partial charge is 0.0358 e.